The zero-order chi connectivity index (χ0) is 23.6. The Kier molecular flexibility index (Phi) is 6.72. The Balaban J connectivity index is 1.36. The van der Waals surface area contributed by atoms with Crippen LogP contribution in [0.5, 0.6) is 0 Å². The highest BCUT2D eigenvalue weighted by molar-refractivity contribution is 7.89. The first-order valence-electron chi connectivity index (χ1n) is 11.6. The van der Waals surface area contributed by atoms with E-state index in [0.29, 0.717) is 43.6 Å². The fourth-order valence-corrected chi connectivity index (χ4v) is 5.92. The van der Waals surface area contributed by atoms with E-state index in [1.165, 1.54) is 4.31 Å². The van der Waals surface area contributed by atoms with E-state index in [9.17, 15) is 13.2 Å². The van der Waals surface area contributed by atoms with E-state index in [2.05, 4.69) is 35.6 Å². The summed E-state index contributed by atoms with van der Waals surface area (Å²) in [5.41, 5.74) is 1.06. The molecular weight excluding hydrogens is 438 g/mol. The molecule has 1 aromatic heterocycles. The van der Waals surface area contributed by atoms with Crippen LogP contribution in [0.25, 0.3) is 0 Å². The van der Waals surface area contributed by atoms with E-state index in [0.717, 1.165) is 24.9 Å². The Morgan fingerprint density at radius 3 is 2.21 bits per heavy atom. The fourth-order valence-electron chi connectivity index (χ4n) is 4.50. The zero-order valence-corrected chi connectivity index (χ0v) is 20.5. The highest BCUT2D eigenvalue weighted by Crippen LogP contribution is 2.26. The predicted octanol–water partition coefficient (Wildman–Crippen LogP) is 2.52. The number of carbonyl (C=O) groups excluding carboxylic acids is 1. The maximum absolute atomic E-state index is 13.2. The number of sulfonamides is 1. The van der Waals surface area contributed by atoms with Crippen molar-refractivity contribution >= 4 is 21.9 Å². The second-order valence-corrected chi connectivity index (χ2v) is 11.8. The summed E-state index contributed by atoms with van der Waals surface area (Å²) in [6.45, 7) is 9.20. The Morgan fingerprint density at radius 2 is 1.61 bits per heavy atom. The lowest BCUT2D eigenvalue weighted by Crippen LogP contribution is -2.53. The molecule has 1 unspecified atom stereocenters. The third kappa shape index (κ3) is 5.19. The SMILES string of the molecule is CC(C)(C)c1ccc(S(=O)(=O)N2CCN(C(=O)C3CCCN(c4ncccn4)C3)CC2)cc1. The minimum absolute atomic E-state index is 0.0321. The van der Waals surface area contributed by atoms with Gasteiger partial charge in [-0.3, -0.25) is 4.79 Å². The fraction of sp³-hybridized carbons (Fsp3) is 0.542. The number of rotatable bonds is 4. The summed E-state index contributed by atoms with van der Waals surface area (Å²) < 4.78 is 27.8. The van der Waals surface area contributed by atoms with Gasteiger partial charge < -0.3 is 9.80 Å². The number of piperazine rings is 1. The average molecular weight is 472 g/mol. The number of nitrogens with zero attached hydrogens (tertiary/aromatic N) is 5. The molecule has 178 valence electrons. The lowest BCUT2D eigenvalue weighted by atomic mass is 9.87. The third-order valence-electron chi connectivity index (χ3n) is 6.51. The minimum Gasteiger partial charge on any atom is -0.340 e. The number of amides is 1. The summed E-state index contributed by atoms with van der Waals surface area (Å²) in [5, 5.41) is 0. The van der Waals surface area contributed by atoms with Crippen molar-refractivity contribution in [2.75, 3.05) is 44.2 Å². The van der Waals surface area contributed by atoms with Crippen LogP contribution in [0.2, 0.25) is 0 Å². The molecule has 4 rings (SSSR count). The maximum Gasteiger partial charge on any atom is 0.243 e. The van der Waals surface area contributed by atoms with Crippen molar-refractivity contribution in [2.24, 2.45) is 5.92 Å². The molecular formula is C24H33N5O3S. The minimum atomic E-state index is -3.57. The van der Waals surface area contributed by atoms with E-state index in [-0.39, 0.29) is 17.2 Å². The molecule has 2 fully saturated rings. The molecule has 2 aliphatic rings. The highest BCUT2D eigenvalue weighted by atomic mass is 32.2. The van der Waals surface area contributed by atoms with Crippen LogP contribution in [0, 0.1) is 5.92 Å². The molecule has 0 saturated carbocycles. The summed E-state index contributed by atoms with van der Waals surface area (Å²) in [6, 6.07) is 8.93. The normalized spacial score (nSPS) is 20.6. The average Bonchev–Trinajstić information content (AvgIpc) is 2.84. The van der Waals surface area contributed by atoms with Gasteiger partial charge in [0, 0.05) is 51.7 Å². The quantitative estimate of drug-likeness (QED) is 0.681. The van der Waals surface area contributed by atoms with Gasteiger partial charge in [-0.1, -0.05) is 32.9 Å². The van der Waals surface area contributed by atoms with Crippen molar-refractivity contribution < 1.29 is 13.2 Å². The van der Waals surface area contributed by atoms with Crippen molar-refractivity contribution in [1.29, 1.82) is 0 Å². The van der Waals surface area contributed by atoms with Crippen LogP contribution < -0.4 is 4.90 Å². The van der Waals surface area contributed by atoms with Gasteiger partial charge in [-0.2, -0.15) is 4.31 Å². The molecule has 9 heteroatoms. The summed E-state index contributed by atoms with van der Waals surface area (Å²) in [5.74, 6) is 0.640. The van der Waals surface area contributed by atoms with Crippen LogP contribution in [0.1, 0.15) is 39.2 Å². The first-order valence-corrected chi connectivity index (χ1v) is 13.0. The lowest BCUT2D eigenvalue weighted by Gasteiger charge is -2.38. The Labute approximate surface area is 196 Å². The largest absolute Gasteiger partial charge is 0.340 e. The van der Waals surface area contributed by atoms with Gasteiger partial charge in [-0.05, 0) is 42.0 Å². The second kappa shape index (κ2) is 9.38. The summed E-state index contributed by atoms with van der Waals surface area (Å²) in [7, 11) is -3.57. The molecule has 1 aromatic carbocycles. The van der Waals surface area contributed by atoms with Crippen molar-refractivity contribution in [3.05, 3.63) is 48.3 Å². The first-order chi connectivity index (χ1) is 15.7. The maximum atomic E-state index is 13.2. The molecule has 3 heterocycles. The van der Waals surface area contributed by atoms with Gasteiger partial charge >= 0.3 is 0 Å². The molecule has 2 saturated heterocycles. The molecule has 0 aliphatic carbocycles. The third-order valence-corrected chi connectivity index (χ3v) is 8.43. The molecule has 0 N–H and O–H groups in total. The molecule has 1 atom stereocenters. The number of benzene rings is 1. The number of piperidine rings is 1. The topological polar surface area (TPSA) is 86.7 Å². The Hall–Kier alpha value is -2.52. The summed E-state index contributed by atoms with van der Waals surface area (Å²) in [6.07, 6.45) is 5.17. The Bertz CT molecular complexity index is 1060. The van der Waals surface area contributed by atoms with Gasteiger partial charge in [0.25, 0.3) is 0 Å². The Morgan fingerprint density at radius 1 is 0.970 bits per heavy atom. The molecule has 0 spiro atoms. The van der Waals surface area contributed by atoms with E-state index in [4.69, 9.17) is 0 Å². The van der Waals surface area contributed by atoms with Crippen LogP contribution in [0.4, 0.5) is 5.95 Å². The van der Waals surface area contributed by atoms with E-state index in [1.807, 2.05) is 17.0 Å². The zero-order valence-electron chi connectivity index (χ0n) is 19.6. The second-order valence-electron chi connectivity index (χ2n) is 9.84. The van der Waals surface area contributed by atoms with Crippen LogP contribution in [-0.4, -0.2) is 72.8 Å². The van der Waals surface area contributed by atoms with E-state index < -0.39 is 10.0 Å². The molecule has 2 aliphatic heterocycles. The van der Waals surface area contributed by atoms with Gasteiger partial charge in [-0.25, -0.2) is 18.4 Å². The van der Waals surface area contributed by atoms with Crippen molar-refractivity contribution in [1.82, 2.24) is 19.2 Å². The standard InChI is InChI=1S/C24H33N5O3S/c1-24(2,3)20-7-9-21(10-8-20)33(31,32)29-16-14-27(15-17-29)22(30)19-6-4-13-28(18-19)23-25-11-5-12-26-23/h5,7-12,19H,4,6,13-18H2,1-3H3. The molecule has 2 aromatic rings. The van der Waals surface area contributed by atoms with E-state index >= 15 is 0 Å². The van der Waals surface area contributed by atoms with Crippen molar-refractivity contribution in [3.8, 4) is 0 Å². The lowest BCUT2D eigenvalue weighted by molar-refractivity contribution is -0.137. The highest BCUT2D eigenvalue weighted by Gasteiger charge is 2.34. The molecule has 1 amide bonds. The first kappa shape index (κ1) is 23.6. The molecule has 33 heavy (non-hydrogen) atoms. The van der Waals surface area contributed by atoms with Crippen LogP contribution in [0.15, 0.2) is 47.6 Å². The van der Waals surface area contributed by atoms with Gasteiger partial charge in [0.2, 0.25) is 21.9 Å². The van der Waals surface area contributed by atoms with Gasteiger partial charge in [0.15, 0.2) is 0 Å². The smallest absolute Gasteiger partial charge is 0.243 e. The van der Waals surface area contributed by atoms with Crippen molar-refractivity contribution in [3.63, 3.8) is 0 Å². The summed E-state index contributed by atoms with van der Waals surface area (Å²) in [4.78, 5) is 26.0. The van der Waals surface area contributed by atoms with E-state index in [1.54, 1.807) is 30.6 Å². The van der Waals surface area contributed by atoms with Crippen LogP contribution in [-0.2, 0) is 20.2 Å². The molecule has 0 bridgehead atoms. The summed E-state index contributed by atoms with van der Waals surface area (Å²) >= 11 is 0. The van der Waals surface area contributed by atoms with Crippen LogP contribution in [0.3, 0.4) is 0 Å². The predicted molar refractivity (Wildman–Crippen MR) is 127 cm³/mol. The number of hydrogen-bond acceptors (Lipinski definition) is 6. The molecule has 0 radical (unpaired) electrons. The van der Waals surface area contributed by atoms with Gasteiger partial charge in [0.05, 0.1) is 10.8 Å². The molecule has 8 nitrogen and oxygen atoms in total. The number of anilines is 1. The van der Waals surface area contributed by atoms with Gasteiger partial charge in [0.1, 0.15) is 0 Å². The van der Waals surface area contributed by atoms with Crippen LogP contribution >= 0.6 is 0 Å². The number of aromatic nitrogens is 2. The number of carbonyl (C=O) groups is 1. The monoisotopic (exact) mass is 471 g/mol. The number of hydrogen-bond donors (Lipinski definition) is 0. The van der Waals surface area contributed by atoms with Crippen molar-refractivity contribution in [2.45, 2.75) is 43.9 Å². The van der Waals surface area contributed by atoms with Gasteiger partial charge in [-0.15, -0.1) is 0 Å².